The Morgan fingerprint density at radius 1 is 0.426 bits per heavy atom. The zero-order valence-electron chi connectivity index (χ0n) is 29.9. The molecule has 264 valence electrons. The van der Waals surface area contributed by atoms with Crippen LogP contribution in [0.4, 0.5) is 0 Å². The van der Waals surface area contributed by atoms with Gasteiger partial charge in [-0.2, -0.15) is 0 Å². The van der Waals surface area contributed by atoms with E-state index in [0.717, 1.165) is 37.5 Å². The monoisotopic (exact) mass is 650 g/mol. The molecule has 0 aromatic heterocycles. The van der Waals surface area contributed by atoms with Crippen molar-refractivity contribution in [3.05, 3.63) is 0 Å². The van der Waals surface area contributed by atoms with Crippen molar-refractivity contribution in [2.75, 3.05) is 111 Å². The maximum absolute atomic E-state index is 4.62. The van der Waals surface area contributed by atoms with Crippen molar-refractivity contribution < 1.29 is 0 Å². The van der Waals surface area contributed by atoms with Crippen LogP contribution in [0.25, 0.3) is 0 Å². The molecular weight excluding hydrogens is 582 g/mol. The molecule has 9 saturated heterocycles. The van der Waals surface area contributed by atoms with Crippen molar-refractivity contribution in [3.8, 4) is 0 Å². The van der Waals surface area contributed by atoms with Gasteiger partial charge in [-0.1, -0.05) is 6.42 Å². The predicted octanol–water partition coefficient (Wildman–Crippen LogP) is 4.54. The lowest BCUT2D eigenvalue weighted by molar-refractivity contribution is 0.0647. The van der Waals surface area contributed by atoms with E-state index in [1.807, 2.05) is 0 Å². The summed E-state index contributed by atoms with van der Waals surface area (Å²) in [4.78, 5) is 28.7. The van der Waals surface area contributed by atoms with Gasteiger partial charge in [0.2, 0.25) is 0 Å². The average molecular weight is 650 g/mol. The summed E-state index contributed by atoms with van der Waals surface area (Å²) >= 11 is 0. The fraction of sp³-hybridized carbons (Fsp3) is 0.921. The third-order valence-electron chi connectivity index (χ3n) is 12.7. The van der Waals surface area contributed by atoms with Crippen LogP contribution in [-0.4, -0.2) is 164 Å². The molecule has 0 radical (unpaired) electrons. The molecule has 6 bridgehead atoms. The molecule has 13 rings (SSSR count). The van der Waals surface area contributed by atoms with E-state index in [0.29, 0.717) is 0 Å². The van der Waals surface area contributed by atoms with Gasteiger partial charge in [-0.15, -0.1) is 0 Å². The van der Waals surface area contributed by atoms with Gasteiger partial charge >= 0.3 is 0 Å². The molecule has 2 unspecified atom stereocenters. The lowest BCUT2D eigenvalue weighted by atomic mass is 9.89. The number of hydrogen-bond acceptors (Lipinski definition) is 9. The van der Waals surface area contributed by atoms with Gasteiger partial charge in [0, 0.05) is 116 Å². The quantitative estimate of drug-likeness (QED) is 0.384. The van der Waals surface area contributed by atoms with E-state index in [1.54, 1.807) is 0 Å². The summed E-state index contributed by atoms with van der Waals surface area (Å²) in [6.45, 7) is 21.7. The Labute approximate surface area is 286 Å². The number of piperazine rings is 3. The van der Waals surface area contributed by atoms with E-state index >= 15 is 0 Å². The van der Waals surface area contributed by atoms with Crippen molar-refractivity contribution in [2.45, 2.75) is 102 Å². The van der Waals surface area contributed by atoms with Crippen LogP contribution in [-0.2, 0) is 0 Å². The van der Waals surface area contributed by atoms with Crippen LogP contribution >= 0.6 is 0 Å². The first-order chi connectivity index (χ1) is 23.3. The van der Waals surface area contributed by atoms with Crippen molar-refractivity contribution in [1.82, 2.24) is 29.4 Å². The molecule has 12 heterocycles. The Morgan fingerprint density at radius 2 is 0.957 bits per heavy atom. The standard InChI is InChI=1S/C9H14N2.C9H16N2.C7H12N2.C7H13N.C6H12N2/c1-4-10-9-7-2-3-8(6-7)11(9)5-1;1-2-5-9-10-6-4-8-11(9)7-3-1;1-3-7-8-4-2-6-9(7)5-1;1-4-8-5-2-7(1)3-6-8;1-2-8-5-3-7(1)4-6-8/h7-8H,1-6H2;1-8H2;1-6H2;7H,1-6H2;1-6H2. The zero-order valence-corrected chi connectivity index (χ0v) is 29.9. The Hall–Kier alpha value is -1.71. The highest BCUT2D eigenvalue weighted by Gasteiger charge is 2.43. The second-order valence-corrected chi connectivity index (χ2v) is 15.9. The van der Waals surface area contributed by atoms with E-state index in [4.69, 9.17) is 0 Å². The van der Waals surface area contributed by atoms with Crippen molar-refractivity contribution in [3.63, 3.8) is 0 Å². The molecule has 9 nitrogen and oxygen atoms in total. The normalized spacial score (nSPS) is 35.7. The van der Waals surface area contributed by atoms with Gasteiger partial charge < -0.3 is 19.6 Å². The maximum atomic E-state index is 4.62. The molecule has 9 heteroatoms. The van der Waals surface area contributed by atoms with Gasteiger partial charge in [0.05, 0.1) is 11.7 Å². The molecule has 0 N–H and O–H groups in total. The van der Waals surface area contributed by atoms with Gasteiger partial charge in [-0.05, 0) is 103 Å². The summed E-state index contributed by atoms with van der Waals surface area (Å²) in [5, 5.41) is 0. The largest absolute Gasteiger partial charge is 0.360 e. The minimum Gasteiger partial charge on any atom is -0.360 e. The number of amidine groups is 3. The fourth-order valence-corrected chi connectivity index (χ4v) is 9.78. The number of nitrogens with zero attached hydrogens (tertiary/aromatic N) is 9. The smallest absolute Gasteiger partial charge is 0.102 e. The lowest BCUT2D eigenvalue weighted by Crippen LogP contribution is -2.55. The van der Waals surface area contributed by atoms with Crippen molar-refractivity contribution >= 4 is 17.5 Å². The van der Waals surface area contributed by atoms with Crippen LogP contribution in [0, 0.1) is 11.8 Å². The molecule has 13 aliphatic rings. The third-order valence-corrected chi connectivity index (χ3v) is 12.7. The molecule has 0 aromatic rings. The summed E-state index contributed by atoms with van der Waals surface area (Å²) in [5.41, 5.74) is 0. The molecule has 10 fully saturated rings. The third kappa shape index (κ3) is 9.30. The highest BCUT2D eigenvalue weighted by atomic mass is 15.3. The van der Waals surface area contributed by atoms with E-state index < -0.39 is 0 Å². The Balaban J connectivity index is 0.0000000940. The van der Waals surface area contributed by atoms with E-state index in [9.17, 15) is 0 Å². The minimum absolute atomic E-state index is 0.861. The Kier molecular flexibility index (Phi) is 12.4. The molecule has 1 aliphatic carbocycles. The molecule has 0 aromatic carbocycles. The zero-order chi connectivity index (χ0) is 31.7. The maximum Gasteiger partial charge on any atom is 0.102 e. The van der Waals surface area contributed by atoms with Gasteiger partial charge in [-0.3, -0.25) is 24.8 Å². The van der Waals surface area contributed by atoms with Gasteiger partial charge in [0.15, 0.2) is 0 Å². The minimum atomic E-state index is 0.861. The van der Waals surface area contributed by atoms with E-state index in [1.165, 1.54) is 205 Å². The summed E-state index contributed by atoms with van der Waals surface area (Å²) in [6.07, 6.45) is 20.5. The predicted molar refractivity (Wildman–Crippen MR) is 196 cm³/mol. The first-order valence-corrected chi connectivity index (χ1v) is 20.3. The van der Waals surface area contributed by atoms with Crippen LogP contribution in [0.5, 0.6) is 0 Å². The molecular formula is C38H67N9. The van der Waals surface area contributed by atoms with Gasteiger partial charge in [0.1, 0.15) is 5.84 Å². The molecule has 2 atom stereocenters. The van der Waals surface area contributed by atoms with Gasteiger partial charge in [0.25, 0.3) is 0 Å². The SMILES string of the molecule is C1CCC2=NCCCN2CC1.C1CN2CCC1CC2.C1CN2CCN1CC2.C1CN=C2C3CCC(C3)N2C1.C1CN=C2CCCN2C1. The first kappa shape index (κ1) is 33.8. The summed E-state index contributed by atoms with van der Waals surface area (Å²) in [5.74, 6) is 6.21. The Bertz CT molecular complexity index is 987. The van der Waals surface area contributed by atoms with Crippen LogP contribution in [0.1, 0.15) is 96.3 Å². The fourth-order valence-electron chi connectivity index (χ4n) is 9.78. The number of fused-ring (bicyclic) bond motifs is 13. The van der Waals surface area contributed by atoms with E-state index in [-0.39, 0.29) is 0 Å². The second kappa shape index (κ2) is 17.3. The average Bonchev–Trinajstić information content (AvgIpc) is 3.89. The number of aliphatic imine (C=N–C) groups is 3. The molecule has 0 spiro atoms. The van der Waals surface area contributed by atoms with Crippen LogP contribution in [0.15, 0.2) is 15.0 Å². The van der Waals surface area contributed by atoms with Crippen LogP contribution < -0.4 is 0 Å². The molecule has 12 aliphatic heterocycles. The van der Waals surface area contributed by atoms with Gasteiger partial charge in [-0.25, -0.2) is 0 Å². The van der Waals surface area contributed by atoms with Crippen molar-refractivity contribution in [1.29, 1.82) is 0 Å². The highest BCUT2D eigenvalue weighted by molar-refractivity contribution is 5.88. The highest BCUT2D eigenvalue weighted by Crippen LogP contribution is 2.40. The van der Waals surface area contributed by atoms with Crippen LogP contribution in [0.3, 0.4) is 0 Å². The summed E-state index contributed by atoms with van der Waals surface area (Å²) in [7, 11) is 0. The number of hydrogen-bond donors (Lipinski definition) is 0. The summed E-state index contributed by atoms with van der Waals surface area (Å²) < 4.78 is 0. The molecule has 0 amide bonds. The molecule has 47 heavy (non-hydrogen) atoms. The van der Waals surface area contributed by atoms with Crippen LogP contribution in [0.2, 0.25) is 0 Å². The number of rotatable bonds is 0. The lowest BCUT2D eigenvalue weighted by Gasteiger charge is -2.41. The Morgan fingerprint density at radius 3 is 1.51 bits per heavy atom. The second-order valence-electron chi connectivity index (χ2n) is 15.9. The number of piperidine rings is 4. The first-order valence-electron chi connectivity index (χ1n) is 20.3. The molecule has 1 saturated carbocycles. The topological polar surface area (TPSA) is 56.5 Å². The summed E-state index contributed by atoms with van der Waals surface area (Å²) in [6, 6.07) is 0.888. The van der Waals surface area contributed by atoms with Crippen molar-refractivity contribution in [2.24, 2.45) is 26.8 Å². The van der Waals surface area contributed by atoms with E-state index in [2.05, 4.69) is 44.4 Å².